The second-order valence-electron chi connectivity index (χ2n) is 6.02. The summed E-state index contributed by atoms with van der Waals surface area (Å²) in [5.74, 6) is 0.835. The molecule has 0 atom stereocenters. The molecule has 2 N–H and O–H groups in total. The number of hydrazone groups is 1. The van der Waals surface area contributed by atoms with E-state index in [1.807, 2.05) is 30.3 Å². The molecule has 0 aliphatic rings. The minimum absolute atomic E-state index is 0.219. The van der Waals surface area contributed by atoms with E-state index >= 15 is 0 Å². The molecule has 0 aliphatic carbocycles. The zero-order chi connectivity index (χ0) is 19.6. The van der Waals surface area contributed by atoms with E-state index in [1.54, 1.807) is 12.1 Å². The number of para-hydroxylation sites is 1. The number of nitrogens with zero attached hydrogens (tertiary/aromatic N) is 5. The van der Waals surface area contributed by atoms with E-state index in [0.29, 0.717) is 17.3 Å². The number of benzene rings is 2. The van der Waals surface area contributed by atoms with Crippen LogP contribution >= 0.6 is 0 Å². The van der Waals surface area contributed by atoms with Crippen LogP contribution in [0.5, 0.6) is 0 Å². The van der Waals surface area contributed by atoms with Crippen molar-refractivity contribution in [3.05, 3.63) is 66.2 Å². The molecule has 5 aromatic rings. The number of furan rings is 1. The third-order valence-electron chi connectivity index (χ3n) is 4.03. The van der Waals surface area contributed by atoms with E-state index in [0.717, 1.165) is 11.0 Å². The second kappa shape index (κ2) is 7.00. The lowest BCUT2D eigenvalue weighted by atomic mass is 10.2. The standard InChI is InChI=1S/C19H12FN7O2/c20-12-5-7-13(8-6-12)22-16-17(24-19-18(23-16)26-29-27-19)25-21-10-14-9-11-3-1-2-4-15(11)28-14/h1-10H,(H,22,23,26)(H,24,25,27). The average molecular weight is 389 g/mol. The predicted molar refractivity (Wildman–Crippen MR) is 105 cm³/mol. The largest absolute Gasteiger partial charge is 0.455 e. The molecular formula is C19H12FN7O2. The molecule has 142 valence electrons. The summed E-state index contributed by atoms with van der Waals surface area (Å²) in [6.07, 6.45) is 1.52. The number of anilines is 3. The van der Waals surface area contributed by atoms with E-state index in [1.165, 1.54) is 18.3 Å². The Morgan fingerprint density at radius 2 is 1.69 bits per heavy atom. The van der Waals surface area contributed by atoms with Crippen molar-refractivity contribution in [2.75, 3.05) is 10.7 Å². The summed E-state index contributed by atoms with van der Waals surface area (Å²) in [6.45, 7) is 0. The SMILES string of the molecule is Fc1ccc(Nc2nc3nonc3nc2NN=Cc2cc3ccccc3o2)cc1. The summed E-state index contributed by atoms with van der Waals surface area (Å²) in [4.78, 5) is 8.62. The van der Waals surface area contributed by atoms with Crippen molar-refractivity contribution >= 4 is 45.8 Å². The van der Waals surface area contributed by atoms with E-state index in [-0.39, 0.29) is 22.9 Å². The van der Waals surface area contributed by atoms with Crippen molar-refractivity contribution in [2.45, 2.75) is 0 Å². The van der Waals surface area contributed by atoms with Gasteiger partial charge in [-0.3, -0.25) is 5.43 Å². The first kappa shape index (κ1) is 16.8. The van der Waals surface area contributed by atoms with Crippen molar-refractivity contribution in [3.63, 3.8) is 0 Å². The monoisotopic (exact) mass is 389 g/mol. The lowest BCUT2D eigenvalue weighted by Crippen LogP contribution is -2.03. The molecule has 10 heteroatoms. The quantitative estimate of drug-likeness (QED) is 0.341. The van der Waals surface area contributed by atoms with Gasteiger partial charge < -0.3 is 9.73 Å². The first-order chi connectivity index (χ1) is 14.2. The highest BCUT2D eigenvalue weighted by Crippen LogP contribution is 2.24. The van der Waals surface area contributed by atoms with Gasteiger partial charge in [-0.25, -0.2) is 14.0 Å². The van der Waals surface area contributed by atoms with E-state index < -0.39 is 0 Å². The topological polar surface area (TPSA) is 114 Å². The zero-order valence-electron chi connectivity index (χ0n) is 14.7. The Morgan fingerprint density at radius 3 is 2.48 bits per heavy atom. The van der Waals surface area contributed by atoms with Crippen molar-refractivity contribution in [1.82, 2.24) is 20.3 Å². The van der Waals surface area contributed by atoms with Crippen LogP contribution < -0.4 is 10.7 Å². The van der Waals surface area contributed by atoms with Gasteiger partial charge in [0.05, 0.1) is 6.21 Å². The molecule has 0 radical (unpaired) electrons. The maximum atomic E-state index is 13.1. The molecular weight excluding hydrogens is 377 g/mol. The highest BCUT2D eigenvalue weighted by molar-refractivity contribution is 5.87. The van der Waals surface area contributed by atoms with Crippen molar-refractivity contribution in [2.24, 2.45) is 5.10 Å². The Kier molecular flexibility index (Phi) is 4.06. The number of halogens is 1. The summed E-state index contributed by atoms with van der Waals surface area (Å²) < 4.78 is 23.5. The van der Waals surface area contributed by atoms with Crippen LogP contribution in [-0.4, -0.2) is 26.5 Å². The van der Waals surface area contributed by atoms with E-state index in [4.69, 9.17) is 4.42 Å². The Balaban J connectivity index is 1.43. The smallest absolute Gasteiger partial charge is 0.245 e. The van der Waals surface area contributed by atoms with Gasteiger partial charge in [0, 0.05) is 11.1 Å². The zero-order valence-corrected chi connectivity index (χ0v) is 14.7. The highest BCUT2D eigenvalue weighted by atomic mass is 19.1. The predicted octanol–water partition coefficient (Wildman–Crippen LogP) is 4.09. The molecule has 0 saturated heterocycles. The fraction of sp³-hybridized carbons (Fsp3) is 0. The Bertz CT molecular complexity index is 1290. The first-order valence-electron chi connectivity index (χ1n) is 8.55. The summed E-state index contributed by atoms with van der Waals surface area (Å²) in [7, 11) is 0. The van der Waals surface area contributed by atoms with Gasteiger partial charge in [-0.1, -0.05) is 18.2 Å². The van der Waals surface area contributed by atoms with E-state index in [2.05, 4.69) is 40.8 Å². The summed E-state index contributed by atoms with van der Waals surface area (Å²) >= 11 is 0. The molecule has 9 nitrogen and oxygen atoms in total. The average Bonchev–Trinajstić information content (AvgIpc) is 3.35. The van der Waals surface area contributed by atoms with E-state index in [9.17, 15) is 4.39 Å². The maximum absolute atomic E-state index is 13.1. The van der Waals surface area contributed by atoms with Crippen LogP contribution in [0.25, 0.3) is 22.3 Å². The number of fused-ring (bicyclic) bond motifs is 2. The lowest BCUT2D eigenvalue weighted by molar-refractivity contribution is 0.314. The molecule has 0 spiro atoms. The number of hydrogen-bond acceptors (Lipinski definition) is 9. The minimum atomic E-state index is -0.341. The van der Waals surface area contributed by atoms with Crippen molar-refractivity contribution < 1.29 is 13.4 Å². The van der Waals surface area contributed by atoms with Crippen LogP contribution in [-0.2, 0) is 0 Å². The third kappa shape index (κ3) is 3.46. The molecule has 0 aliphatic heterocycles. The molecule has 0 amide bonds. The Labute approximate surface area is 162 Å². The van der Waals surface area contributed by atoms with Gasteiger partial charge in [0.25, 0.3) is 0 Å². The van der Waals surface area contributed by atoms with Gasteiger partial charge in [-0.2, -0.15) is 10.1 Å². The normalized spacial score (nSPS) is 11.5. The number of nitrogens with one attached hydrogen (secondary N) is 2. The maximum Gasteiger partial charge on any atom is 0.245 e. The molecule has 0 bridgehead atoms. The summed E-state index contributed by atoms with van der Waals surface area (Å²) in [5.41, 5.74) is 4.63. The molecule has 2 aromatic carbocycles. The Hall–Kier alpha value is -4.34. The van der Waals surface area contributed by atoms with Crippen LogP contribution in [0.4, 0.5) is 21.7 Å². The molecule has 0 unspecified atom stereocenters. The summed E-state index contributed by atoms with van der Waals surface area (Å²) in [5, 5.41) is 15.6. The van der Waals surface area contributed by atoms with Gasteiger partial charge >= 0.3 is 0 Å². The van der Waals surface area contributed by atoms with Crippen LogP contribution in [0.1, 0.15) is 5.76 Å². The second-order valence-corrected chi connectivity index (χ2v) is 6.02. The Morgan fingerprint density at radius 1 is 0.931 bits per heavy atom. The number of aromatic nitrogens is 4. The number of rotatable bonds is 5. The minimum Gasteiger partial charge on any atom is -0.455 e. The van der Waals surface area contributed by atoms with Gasteiger partial charge in [0.15, 0.2) is 11.6 Å². The fourth-order valence-corrected chi connectivity index (χ4v) is 2.70. The lowest BCUT2D eigenvalue weighted by Gasteiger charge is -2.09. The van der Waals surface area contributed by atoms with Crippen LogP contribution in [0.15, 0.2) is 68.7 Å². The van der Waals surface area contributed by atoms with Gasteiger partial charge in [-0.15, -0.1) is 0 Å². The molecule has 5 rings (SSSR count). The van der Waals surface area contributed by atoms with Crippen LogP contribution in [0.2, 0.25) is 0 Å². The summed E-state index contributed by atoms with van der Waals surface area (Å²) in [6, 6.07) is 15.3. The van der Waals surface area contributed by atoms with Crippen LogP contribution in [0.3, 0.4) is 0 Å². The van der Waals surface area contributed by atoms with Gasteiger partial charge in [-0.05, 0) is 46.7 Å². The molecule has 0 saturated carbocycles. The molecule has 3 aromatic heterocycles. The molecule has 29 heavy (non-hydrogen) atoms. The van der Waals surface area contributed by atoms with Gasteiger partial charge in [0.1, 0.15) is 17.2 Å². The molecule has 0 fully saturated rings. The number of hydrogen-bond donors (Lipinski definition) is 2. The van der Waals surface area contributed by atoms with Gasteiger partial charge in [0.2, 0.25) is 11.3 Å². The third-order valence-corrected chi connectivity index (χ3v) is 4.03. The fourth-order valence-electron chi connectivity index (χ4n) is 2.70. The van der Waals surface area contributed by atoms with Crippen molar-refractivity contribution in [3.8, 4) is 0 Å². The highest BCUT2D eigenvalue weighted by Gasteiger charge is 2.13. The van der Waals surface area contributed by atoms with Crippen molar-refractivity contribution in [1.29, 1.82) is 0 Å². The first-order valence-corrected chi connectivity index (χ1v) is 8.55. The molecule has 3 heterocycles. The van der Waals surface area contributed by atoms with Crippen LogP contribution in [0, 0.1) is 5.82 Å².